The average Bonchev–Trinajstić information content (AvgIpc) is 2.79. The highest BCUT2D eigenvalue weighted by Gasteiger charge is 2.29. The first-order valence-corrected chi connectivity index (χ1v) is 11.6. The van der Waals surface area contributed by atoms with Crippen molar-refractivity contribution >= 4 is 0 Å². The molecule has 0 bridgehead atoms. The molecule has 0 saturated carbocycles. The molecule has 0 aliphatic rings. The van der Waals surface area contributed by atoms with Crippen LogP contribution in [-0.2, 0) is 21.0 Å². The second-order valence-electron chi connectivity index (χ2n) is 9.86. The molecule has 2 heteroatoms. The molecular weight excluding hydrogens is 392 g/mol. The molecule has 3 rings (SSSR count). The largest absolute Gasteiger partial charge is 0.225 e. The van der Waals surface area contributed by atoms with Gasteiger partial charge in [-0.2, -0.15) is 0 Å². The van der Waals surface area contributed by atoms with Crippen LogP contribution in [0.4, 0.5) is 0 Å². The van der Waals surface area contributed by atoms with Gasteiger partial charge in [0.2, 0.25) is 0 Å². The minimum Gasteiger partial charge on any atom is -0.225 e. The molecule has 0 aliphatic carbocycles. The molecule has 0 amide bonds. The Bertz CT molecular complexity index is 847. The van der Waals surface area contributed by atoms with Crippen molar-refractivity contribution in [1.29, 1.82) is 0 Å². The smallest absolute Gasteiger partial charge is 0.123 e. The maximum absolute atomic E-state index is 5.73. The lowest BCUT2D eigenvalue weighted by molar-refractivity contribution is -0.410. The van der Waals surface area contributed by atoms with Gasteiger partial charge < -0.3 is 0 Å². The van der Waals surface area contributed by atoms with Gasteiger partial charge in [0, 0.05) is 0 Å². The maximum Gasteiger partial charge on any atom is 0.123 e. The van der Waals surface area contributed by atoms with Crippen molar-refractivity contribution in [2.24, 2.45) is 0 Å². The molecule has 3 aromatic rings. The SMILES string of the molecule is CC(C)(OOC(C)(C)c1ccccc1)c1ccccc1.CC(C)c1ccccc1C(C)C. The number of hydrogen-bond acceptors (Lipinski definition) is 2. The monoisotopic (exact) mass is 432 g/mol. The Labute approximate surface area is 195 Å². The Hall–Kier alpha value is -2.42. The van der Waals surface area contributed by atoms with E-state index in [2.05, 4.69) is 52.0 Å². The van der Waals surface area contributed by atoms with E-state index >= 15 is 0 Å². The quantitative estimate of drug-likeness (QED) is 0.274. The molecular formula is C30H40O2. The maximum atomic E-state index is 5.73. The van der Waals surface area contributed by atoms with Crippen LogP contribution in [0.2, 0.25) is 0 Å². The summed E-state index contributed by atoms with van der Waals surface area (Å²) in [5, 5.41) is 0. The van der Waals surface area contributed by atoms with Crippen LogP contribution in [0.5, 0.6) is 0 Å². The molecule has 172 valence electrons. The van der Waals surface area contributed by atoms with Crippen molar-refractivity contribution in [2.75, 3.05) is 0 Å². The van der Waals surface area contributed by atoms with Crippen LogP contribution in [0.3, 0.4) is 0 Å². The molecule has 0 aromatic heterocycles. The van der Waals surface area contributed by atoms with Crippen molar-refractivity contribution in [3.05, 3.63) is 107 Å². The lowest BCUT2D eigenvalue weighted by Crippen LogP contribution is -2.29. The zero-order valence-electron chi connectivity index (χ0n) is 21.1. The van der Waals surface area contributed by atoms with Crippen molar-refractivity contribution in [3.63, 3.8) is 0 Å². The predicted octanol–water partition coefficient (Wildman–Crippen LogP) is 8.74. The van der Waals surface area contributed by atoms with Crippen LogP contribution in [0.1, 0.15) is 89.5 Å². The number of hydrogen-bond donors (Lipinski definition) is 0. The van der Waals surface area contributed by atoms with Crippen molar-refractivity contribution in [1.82, 2.24) is 0 Å². The highest BCUT2D eigenvalue weighted by atomic mass is 17.2. The van der Waals surface area contributed by atoms with Crippen LogP contribution in [0, 0.1) is 0 Å². The Kier molecular flexibility index (Phi) is 9.24. The van der Waals surface area contributed by atoms with E-state index in [0.29, 0.717) is 11.8 Å². The molecule has 0 spiro atoms. The standard InChI is InChI=1S/C18H22O2.C12H18/c1-17(2,15-11-7-5-8-12-15)19-20-18(3,4)16-13-9-6-10-14-16;1-9(2)11-7-5-6-8-12(11)10(3)4/h5-14H,1-4H3;5-10H,1-4H3. The molecule has 2 nitrogen and oxygen atoms in total. The van der Waals surface area contributed by atoms with E-state index < -0.39 is 11.2 Å². The molecule has 0 N–H and O–H groups in total. The third-order valence-electron chi connectivity index (χ3n) is 5.64. The molecule has 0 unspecified atom stereocenters. The normalized spacial score (nSPS) is 11.9. The van der Waals surface area contributed by atoms with Crippen molar-refractivity contribution < 1.29 is 9.78 Å². The highest BCUT2D eigenvalue weighted by Crippen LogP contribution is 2.31. The molecule has 0 heterocycles. The van der Waals surface area contributed by atoms with E-state index in [1.165, 1.54) is 11.1 Å². The second kappa shape index (κ2) is 11.4. The minimum absolute atomic E-state index is 0.493. The predicted molar refractivity (Wildman–Crippen MR) is 136 cm³/mol. The van der Waals surface area contributed by atoms with Crippen LogP contribution in [0.15, 0.2) is 84.9 Å². The summed E-state index contributed by atoms with van der Waals surface area (Å²) in [6, 6.07) is 28.9. The van der Waals surface area contributed by atoms with Gasteiger partial charge >= 0.3 is 0 Å². The third-order valence-corrected chi connectivity index (χ3v) is 5.64. The van der Waals surface area contributed by atoms with Crippen LogP contribution in [-0.4, -0.2) is 0 Å². The Morgan fingerprint density at radius 1 is 0.469 bits per heavy atom. The van der Waals surface area contributed by atoms with Gasteiger partial charge in [-0.3, -0.25) is 0 Å². The summed E-state index contributed by atoms with van der Waals surface area (Å²) in [4.78, 5) is 11.5. The number of rotatable bonds is 7. The van der Waals surface area contributed by atoms with Gasteiger partial charge in [0.05, 0.1) is 0 Å². The topological polar surface area (TPSA) is 18.5 Å². The molecule has 0 atom stereocenters. The minimum atomic E-state index is -0.493. The summed E-state index contributed by atoms with van der Waals surface area (Å²) < 4.78 is 0. The zero-order valence-corrected chi connectivity index (χ0v) is 21.1. The summed E-state index contributed by atoms with van der Waals surface area (Å²) in [6.45, 7) is 17.0. The van der Waals surface area contributed by atoms with E-state index in [1.807, 2.05) is 88.4 Å². The summed E-state index contributed by atoms with van der Waals surface area (Å²) in [5.41, 5.74) is 4.17. The second-order valence-corrected chi connectivity index (χ2v) is 9.86. The Balaban J connectivity index is 0.000000258. The van der Waals surface area contributed by atoms with Gasteiger partial charge in [-0.25, -0.2) is 9.78 Å². The molecule has 3 aromatic carbocycles. The fourth-order valence-electron chi connectivity index (χ4n) is 3.55. The van der Waals surface area contributed by atoms with Crippen LogP contribution in [0.25, 0.3) is 0 Å². The first kappa shape index (κ1) is 25.8. The van der Waals surface area contributed by atoms with Crippen molar-refractivity contribution in [3.8, 4) is 0 Å². The fourth-order valence-corrected chi connectivity index (χ4v) is 3.55. The first-order chi connectivity index (χ1) is 15.0. The molecule has 0 aliphatic heterocycles. The van der Waals surface area contributed by atoms with E-state index in [4.69, 9.17) is 9.78 Å². The Morgan fingerprint density at radius 2 is 0.750 bits per heavy atom. The van der Waals surface area contributed by atoms with Gasteiger partial charge in [-0.05, 0) is 61.8 Å². The van der Waals surface area contributed by atoms with Crippen LogP contribution < -0.4 is 0 Å². The van der Waals surface area contributed by atoms with Gasteiger partial charge in [0.1, 0.15) is 11.2 Å². The summed E-state index contributed by atoms with van der Waals surface area (Å²) in [7, 11) is 0. The lowest BCUT2D eigenvalue weighted by Gasteiger charge is -2.31. The highest BCUT2D eigenvalue weighted by molar-refractivity contribution is 5.31. The van der Waals surface area contributed by atoms with Crippen molar-refractivity contribution in [2.45, 2.75) is 78.4 Å². The van der Waals surface area contributed by atoms with E-state index in [0.717, 1.165) is 11.1 Å². The van der Waals surface area contributed by atoms with Gasteiger partial charge in [-0.1, -0.05) is 113 Å². The molecule has 0 fully saturated rings. The summed E-state index contributed by atoms with van der Waals surface area (Å²) >= 11 is 0. The van der Waals surface area contributed by atoms with Gasteiger partial charge in [0.15, 0.2) is 0 Å². The van der Waals surface area contributed by atoms with Gasteiger partial charge in [0.25, 0.3) is 0 Å². The Morgan fingerprint density at radius 3 is 1.03 bits per heavy atom. The molecule has 0 saturated heterocycles. The fraction of sp³-hybridized carbons (Fsp3) is 0.400. The first-order valence-electron chi connectivity index (χ1n) is 11.6. The average molecular weight is 433 g/mol. The summed E-state index contributed by atoms with van der Waals surface area (Å²) in [5.74, 6) is 1.28. The molecule has 32 heavy (non-hydrogen) atoms. The molecule has 0 radical (unpaired) electrons. The number of benzene rings is 3. The zero-order chi connectivity index (χ0) is 23.8. The van der Waals surface area contributed by atoms with E-state index in [-0.39, 0.29) is 0 Å². The van der Waals surface area contributed by atoms with E-state index in [1.54, 1.807) is 0 Å². The van der Waals surface area contributed by atoms with E-state index in [9.17, 15) is 0 Å². The third kappa shape index (κ3) is 7.32. The summed E-state index contributed by atoms with van der Waals surface area (Å²) in [6.07, 6.45) is 0. The van der Waals surface area contributed by atoms with Gasteiger partial charge in [-0.15, -0.1) is 0 Å². The van der Waals surface area contributed by atoms with Crippen LogP contribution >= 0.6 is 0 Å². The lowest BCUT2D eigenvalue weighted by atomic mass is 9.91.